The summed E-state index contributed by atoms with van der Waals surface area (Å²) in [6.45, 7) is 8.33. The van der Waals surface area contributed by atoms with Gasteiger partial charge in [-0.2, -0.15) is 5.10 Å². The first-order chi connectivity index (χ1) is 15.7. The summed E-state index contributed by atoms with van der Waals surface area (Å²) >= 11 is 0. The summed E-state index contributed by atoms with van der Waals surface area (Å²) in [5, 5.41) is 19.9. The van der Waals surface area contributed by atoms with Gasteiger partial charge in [0.15, 0.2) is 11.6 Å². The van der Waals surface area contributed by atoms with Crippen molar-refractivity contribution in [3.63, 3.8) is 0 Å². The predicted molar refractivity (Wildman–Crippen MR) is 143 cm³/mol. The van der Waals surface area contributed by atoms with E-state index >= 15 is 0 Å². The monoisotopic (exact) mass is 558 g/mol. The molecule has 0 aliphatic rings. The van der Waals surface area contributed by atoms with Gasteiger partial charge in [-0.15, -0.1) is 34.2 Å². The van der Waals surface area contributed by atoms with Crippen LogP contribution in [0.2, 0.25) is 0 Å². The highest BCUT2D eigenvalue weighted by molar-refractivity contribution is 14.0. The van der Waals surface area contributed by atoms with E-state index in [2.05, 4.69) is 58.0 Å². The summed E-state index contributed by atoms with van der Waals surface area (Å²) in [6.07, 6.45) is 3.78. The van der Waals surface area contributed by atoms with Crippen molar-refractivity contribution in [3.8, 4) is 5.69 Å². The molecule has 3 heterocycles. The summed E-state index contributed by atoms with van der Waals surface area (Å²) < 4.78 is 4.03. The van der Waals surface area contributed by atoms with Gasteiger partial charge in [-0.1, -0.05) is 24.3 Å². The molecule has 0 amide bonds. The van der Waals surface area contributed by atoms with E-state index in [9.17, 15) is 0 Å². The summed E-state index contributed by atoms with van der Waals surface area (Å²) in [4.78, 5) is 4.81. The van der Waals surface area contributed by atoms with Crippen molar-refractivity contribution < 1.29 is 0 Å². The average molecular weight is 558 g/mol. The number of halogens is 1. The molecule has 2 N–H and O–H groups in total. The maximum Gasteiger partial charge on any atom is 0.191 e. The normalized spacial score (nSPS) is 11.4. The first kappa shape index (κ1) is 24.7. The number of rotatable bonds is 8. The largest absolute Gasteiger partial charge is 0.357 e. The number of pyridine rings is 1. The van der Waals surface area contributed by atoms with Gasteiger partial charge >= 0.3 is 0 Å². The Kier molecular flexibility index (Phi) is 8.81. The molecule has 0 bridgehead atoms. The van der Waals surface area contributed by atoms with Gasteiger partial charge in [-0.25, -0.2) is 9.67 Å². The molecule has 0 saturated carbocycles. The molecule has 0 unspecified atom stereocenters. The van der Waals surface area contributed by atoms with Crippen LogP contribution >= 0.6 is 24.0 Å². The Balaban J connectivity index is 0.00000306. The fraction of sp³-hybridized carbons (Fsp3) is 0.333. The van der Waals surface area contributed by atoms with Crippen LogP contribution in [0, 0.1) is 13.8 Å². The number of fused-ring (bicyclic) bond motifs is 1. The first-order valence-electron chi connectivity index (χ1n) is 11.1. The lowest BCUT2D eigenvalue weighted by atomic mass is 10.2. The van der Waals surface area contributed by atoms with Gasteiger partial charge in [0.25, 0.3) is 0 Å². The van der Waals surface area contributed by atoms with Gasteiger partial charge in [-0.05, 0) is 57.0 Å². The Morgan fingerprint density at radius 1 is 1.03 bits per heavy atom. The number of aromatic nitrogens is 5. The molecule has 0 aliphatic heterocycles. The molecule has 33 heavy (non-hydrogen) atoms. The highest BCUT2D eigenvalue weighted by atomic mass is 127. The van der Waals surface area contributed by atoms with Crippen LogP contribution < -0.4 is 10.6 Å². The smallest absolute Gasteiger partial charge is 0.191 e. The molecule has 4 aromatic rings. The number of aliphatic imine (C=N–C) groups is 1. The van der Waals surface area contributed by atoms with Crippen LogP contribution in [0.3, 0.4) is 0 Å². The van der Waals surface area contributed by atoms with Crippen LogP contribution in [0.25, 0.3) is 11.3 Å². The van der Waals surface area contributed by atoms with Crippen LogP contribution in [0.15, 0.2) is 59.7 Å². The van der Waals surface area contributed by atoms with Gasteiger partial charge in [0.2, 0.25) is 0 Å². The molecule has 1 aromatic carbocycles. The summed E-state index contributed by atoms with van der Waals surface area (Å²) in [6, 6.07) is 16.3. The Morgan fingerprint density at radius 2 is 1.85 bits per heavy atom. The van der Waals surface area contributed by atoms with Crippen molar-refractivity contribution in [2.24, 2.45) is 4.99 Å². The molecule has 0 radical (unpaired) electrons. The standard InChI is InChI=1S/C24H30N8.HI/c1-4-25-24(26-14-9-13-23-29-28-22-12-7-8-15-31(22)23)27-17-20-10-5-6-11-21(20)32-19(3)16-18(2)30-32;/h5-8,10-12,15-16H,4,9,13-14,17H2,1-3H3,(H2,25,26,27);1H. The van der Waals surface area contributed by atoms with Crippen molar-refractivity contribution in [2.75, 3.05) is 13.1 Å². The summed E-state index contributed by atoms with van der Waals surface area (Å²) in [5.41, 5.74) is 5.20. The molecule has 3 aromatic heterocycles. The number of benzene rings is 1. The minimum absolute atomic E-state index is 0. The Bertz CT molecular complexity index is 1210. The zero-order valence-electron chi connectivity index (χ0n) is 19.3. The molecular formula is C24H31IN8. The van der Waals surface area contributed by atoms with Gasteiger partial charge in [0, 0.05) is 31.4 Å². The van der Waals surface area contributed by atoms with E-state index in [1.807, 2.05) is 52.5 Å². The van der Waals surface area contributed by atoms with Crippen molar-refractivity contribution in [3.05, 3.63) is 77.5 Å². The summed E-state index contributed by atoms with van der Waals surface area (Å²) in [5.74, 6) is 1.78. The van der Waals surface area contributed by atoms with E-state index in [-0.39, 0.29) is 24.0 Å². The number of guanidine groups is 1. The molecule has 174 valence electrons. The molecule has 0 spiro atoms. The van der Waals surface area contributed by atoms with Crippen LogP contribution in [0.4, 0.5) is 0 Å². The minimum atomic E-state index is 0. The molecule has 4 rings (SSSR count). The number of hydrogen-bond donors (Lipinski definition) is 2. The third-order valence-corrected chi connectivity index (χ3v) is 5.24. The highest BCUT2D eigenvalue weighted by Crippen LogP contribution is 2.17. The third-order valence-electron chi connectivity index (χ3n) is 5.24. The van der Waals surface area contributed by atoms with Crippen molar-refractivity contribution in [1.82, 2.24) is 35.0 Å². The van der Waals surface area contributed by atoms with Gasteiger partial charge in [-0.3, -0.25) is 4.40 Å². The third kappa shape index (κ3) is 6.10. The van der Waals surface area contributed by atoms with Crippen LogP contribution in [0.1, 0.15) is 36.1 Å². The van der Waals surface area contributed by atoms with Crippen LogP contribution in [0.5, 0.6) is 0 Å². The first-order valence-corrected chi connectivity index (χ1v) is 11.1. The molecule has 0 saturated heterocycles. The van der Waals surface area contributed by atoms with Crippen molar-refractivity contribution in [1.29, 1.82) is 0 Å². The fourth-order valence-electron chi connectivity index (χ4n) is 3.74. The Labute approximate surface area is 211 Å². The number of aryl methyl sites for hydroxylation is 3. The Morgan fingerprint density at radius 3 is 2.64 bits per heavy atom. The highest BCUT2D eigenvalue weighted by Gasteiger charge is 2.09. The zero-order valence-corrected chi connectivity index (χ0v) is 21.7. The van der Waals surface area contributed by atoms with Gasteiger partial charge < -0.3 is 10.6 Å². The Hall–Kier alpha value is -2.95. The molecular weight excluding hydrogens is 527 g/mol. The van der Waals surface area contributed by atoms with Crippen LogP contribution in [-0.4, -0.2) is 43.4 Å². The topological polar surface area (TPSA) is 84.4 Å². The van der Waals surface area contributed by atoms with Gasteiger partial charge in [0.05, 0.1) is 17.9 Å². The van der Waals surface area contributed by atoms with Crippen LogP contribution in [-0.2, 0) is 13.0 Å². The quantitative estimate of drug-likeness (QED) is 0.149. The second-order valence-electron chi connectivity index (χ2n) is 7.74. The zero-order chi connectivity index (χ0) is 22.3. The lowest BCUT2D eigenvalue weighted by Crippen LogP contribution is -2.37. The molecule has 9 heteroatoms. The van der Waals surface area contributed by atoms with E-state index in [4.69, 9.17) is 4.99 Å². The SMILES string of the molecule is CCNC(=NCc1ccccc1-n1nc(C)cc1C)NCCCc1nnc2ccccn12.I. The summed E-state index contributed by atoms with van der Waals surface area (Å²) in [7, 11) is 0. The van der Waals surface area contributed by atoms with Crippen molar-refractivity contribution >= 4 is 35.6 Å². The predicted octanol–water partition coefficient (Wildman–Crippen LogP) is 3.84. The lowest BCUT2D eigenvalue weighted by Gasteiger charge is -2.13. The van der Waals surface area contributed by atoms with E-state index in [1.54, 1.807) is 0 Å². The molecule has 0 fully saturated rings. The molecule has 0 atom stereocenters. The van der Waals surface area contributed by atoms with E-state index in [0.29, 0.717) is 6.54 Å². The van der Waals surface area contributed by atoms with E-state index < -0.39 is 0 Å². The second-order valence-corrected chi connectivity index (χ2v) is 7.74. The number of nitrogens with one attached hydrogen (secondary N) is 2. The molecule has 8 nitrogen and oxygen atoms in total. The average Bonchev–Trinajstić information content (AvgIpc) is 3.37. The molecule has 0 aliphatic carbocycles. The maximum absolute atomic E-state index is 4.81. The van der Waals surface area contributed by atoms with E-state index in [1.165, 1.54) is 0 Å². The van der Waals surface area contributed by atoms with E-state index in [0.717, 1.165) is 66.0 Å². The number of nitrogens with zero attached hydrogens (tertiary/aromatic N) is 6. The lowest BCUT2D eigenvalue weighted by molar-refractivity contribution is 0.714. The fourth-order valence-corrected chi connectivity index (χ4v) is 3.74. The maximum atomic E-state index is 4.81. The minimum Gasteiger partial charge on any atom is -0.357 e. The number of para-hydroxylation sites is 1. The van der Waals surface area contributed by atoms with Crippen molar-refractivity contribution in [2.45, 2.75) is 40.2 Å². The second kappa shape index (κ2) is 11.8. The van der Waals surface area contributed by atoms with Gasteiger partial charge in [0.1, 0.15) is 5.82 Å². The number of hydrogen-bond acceptors (Lipinski definition) is 4.